The Hall–Kier alpha value is -1.33. The van der Waals surface area contributed by atoms with Gasteiger partial charge in [0.1, 0.15) is 6.29 Å². The molecule has 4 nitrogen and oxygen atoms in total. The molecule has 0 bridgehead atoms. The molecule has 0 radical (unpaired) electrons. The minimum Gasteiger partial charge on any atom is -0.416 e. The number of halogens is 1. The van der Waals surface area contributed by atoms with Crippen molar-refractivity contribution in [2.45, 2.75) is 17.0 Å². The summed E-state index contributed by atoms with van der Waals surface area (Å²) in [6.45, 7) is 1.72. The SMILES string of the molecule is Cc1nnc(Sc2ccc(C=O)cc2Cl)o1. The van der Waals surface area contributed by atoms with Crippen LogP contribution in [0.15, 0.2) is 32.7 Å². The van der Waals surface area contributed by atoms with E-state index in [4.69, 9.17) is 16.0 Å². The number of rotatable bonds is 3. The summed E-state index contributed by atoms with van der Waals surface area (Å²) in [5.41, 5.74) is 0.538. The van der Waals surface area contributed by atoms with Crippen molar-refractivity contribution in [2.24, 2.45) is 0 Å². The molecule has 0 N–H and O–H groups in total. The van der Waals surface area contributed by atoms with Crippen LogP contribution in [0.5, 0.6) is 0 Å². The second-order valence-corrected chi connectivity index (χ2v) is 4.40. The predicted molar refractivity (Wildman–Crippen MR) is 60.0 cm³/mol. The highest BCUT2D eigenvalue weighted by molar-refractivity contribution is 7.99. The van der Waals surface area contributed by atoms with Gasteiger partial charge in [0.25, 0.3) is 5.22 Å². The van der Waals surface area contributed by atoms with Gasteiger partial charge in [-0.3, -0.25) is 4.79 Å². The summed E-state index contributed by atoms with van der Waals surface area (Å²) in [6.07, 6.45) is 0.747. The monoisotopic (exact) mass is 254 g/mol. The van der Waals surface area contributed by atoms with Crippen molar-refractivity contribution in [1.82, 2.24) is 10.2 Å². The van der Waals surface area contributed by atoms with E-state index in [9.17, 15) is 4.79 Å². The first-order valence-corrected chi connectivity index (χ1v) is 5.61. The number of aldehydes is 1. The van der Waals surface area contributed by atoms with Crippen LogP contribution >= 0.6 is 23.4 Å². The second kappa shape index (κ2) is 4.67. The van der Waals surface area contributed by atoms with Gasteiger partial charge in [0.05, 0.1) is 5.02 Å². The van der Waals surface area contributed by atoms with Gasteiger partial charge in [-0.15, -0.1) is 10.2 Å². The first-order valence-electron chi connectivity index (χ1n) is 4.42. The van der Waals surface area contributed by atoms with E-state index in [2.05, 4.69) is 10.2 Å². The Morgan fingerprint density at radius 2 is 2.25 bits per heavy atom. The second-order valence-electron chi connectivity index (χ2n) is 3.00. The van der Waals surface area contributed by atoms with Gasteiger partial charge < -0.3 is 4.42 Å². The lowest BCUT2D eigenvalue weighted by atomic mass is 10.2. The number of carbonyl (C=O) groups excluding carboxylic acids is 1. The van der Waals surface area contributed by atoms with Crippen molar-refractivity contribution in [3.05, 3.63) is 34.7 Å². The molecule has 0 aliphatic heterocycles. The Balaban J connectivity index is 2.25. The molecule has 0 saturated carbocycles. The van der Waals surface area contributed by atoms with Gasteiger partial charge >= 0.3 is 0 Å². The molecule has 0 unspecified atom stereocenters. The fourth-order valence-electron chi connectivity index (χ4n) is 1.09. The molecule has 82 valence electrons. The Morgan fingerprint density at radius 1 is 1.44 bits per heavy atom. The van der Waals surface area contributed by atoms with Gasteiger partial charge in [-0.05, 0) is 23.9 Å². The molecule has 0 atom stereocenters. The Bertz CT molecular complexity index is 527. The predicted octanol–water partition coefficient (Wildman–Crippen LogP) is 3.00. The summed E-state index contributed by atoms with van der Waals surface area (Å²) >= 11 is 7.26. The summed E-state index contributed by atoms with van der Waals surface area (Å²) < 4.78 is 5.21. The van der Waals surface area contributed by atoms with E-state index in [0.29, 0.717) is 21.7 Å². The van der Waals surface area contributed by atoms with Crippen LogP contribution in [0, 0.1) is 6.92 Å². The zero-order valence-corrected chi connectivity index (χ0v) is 9.88. The molecule has 1 aromatic carbocycles. The molecule has 0 aliphatic carbocycles. The molecule has 0 amide bonds. The minimum atomic E-state index is 0.429. The molecule has 1 heterocycles. The van der Waals surface area contributed by atoms with Gasteiger partial charge in [0.15, 0.2) is 0 Å². The zero-order chi connectivity index (χ0) is 11.5. The third-order valence-electron chi connectivity index (χ3n) is 1.80. The van der Waals surface area contributed by atoms with E-state index in [1.165, 1.54) is 11.8 Å². The van der Waals surface area contributed by atoms with E-state index in [1.54, 1.807) is 25.1 Å². The number of aromatic nitrogens is 2. The highest BCUT2D eigenvalue weighted by atomic mass is 35.5. The van der Waals surface area contributed by atoms with Crippen LogP contribution in [0.3, 0.4) is 0 Å². The number of carbonyl (C=O) groups is 1. The van der Waals surface area contributed by atoms with Gasteiger partial charge in [0, 0.05) is 17.4 Å². The fourth-order valence-corrected chi connectivity index (χ4v) is 2.12. The Kier molecular flexibility index (Phi) is 3.26. The molecule has 0 saturated heterocycles. The topological polar surface area (TPSA) is 56.0 Å². The maximum absolute atomic E-state index is 10.5. The molecule has 16 heavy (non-hydrogen) atoms. The lowest BCUT2D eigenvalue weighted by Crippen LogP contribution is -1.81. The zero-order valence-electron chi connectivity index (χ0n) is 8.31. The van der Waals surface area contributed by atoms with Crippen LogP contribution in [0.1, 0.15) is 16.2 Å². The van der Waals surface area contributed by atoms with Gasteiger partial charge in [0.2, 0.25) is 5.89 Å². The highest BCUT2D eigenvalue weighted by Gasteiger charge is 2.08. The third-order valence-corrected chi connectivity index (χ3v) is 3.14. The van der Waals surface area contributed by atoms with Crippen molar-refractivity contribution < 1.29 is 9.21 Å². The summed E-state index contributed by atoms with van der Waals surface area (Å²) in [5, 5.41) is 8.47. The molecular formula is C10H7ClN2O2S. The van der Waals surface area contributed by atoms with Crippen LogP contribution in [-0.4, -0.2) is 16.5 Å². The van der Waals surface area contributed by atoms with E-state index >= 15 is 0 Å². The van der Waals surface area contributed by atoms with Crippen molar-refractivity contribution in [2.75, 3.05) is 0 Å². The number of aryl methyl sites for hydroxylation is 1. The highest BCUT2D eigenvalue weighted by Crippen LogP contribution is 2.32. The summed E-state index contributed by atoms with van der Waals surface area (Å²) in [7, 11) is 0. The summed E-state index contributed by atoms with van der Waals surface area (Å²) in [5.74, 6) is 0.503. The van der Waals surface area contributed by atoms with Crippen molar-refractivity contribution in [1.29, 1.82) is 0 Å². The first-order chi connectivity index (χ1) is 7.69. The smallest absolute Gasteiger partial charge is 0.281 e. The maximum Gasteiger partial charge on any atom is 0.281 e. The Labute approximate surface area is 101 Å². The molecule has 6 heteroatoms. The first kappa shape index (κ1) is 11.2. The molecule has 0 aliphatic rings. The largest absolute Gasteiger partial charge is 0.416 e. The molecule has 2 rings (SSSR count). The number of benzene rings is 1. The fraction of sp³-hybridized carbons (Fsp3) is 0.100. The van der Waals surface area contributed by atoms with E-state index < -0.39 is 0 Å². The van der Waals surface area contributed by atoms with Gasteiger partial charge in [-0.2, -0.15) is 0 Å². The van der Waals surface area contributed by atoms with E-state index in [0.717, 1.165) is 11.2 Å². The number of hydrogen-bond acceptors (Lipinski definition) is 5. The average Bonchev–Trinajstić information content (AvgIpc) is 2.67. The third kappa shape index (κ3) is 2.43. The average molecular weight is 255 g/mol. The summed E-state index contributed by atoms with van der Waals surface area (Å²) in [6, 6.07) is 5.03. The van der Waals surface area contributed by atoms with Crippen molar-refractivity contribution >= 4 is 29.6 Å². The normalized spacial score (nSPS) is 10.4. The lowest BCUT2D eigenvalue weighted by Gasteiger charge is -2.00. The minimum absolute atomic E-state index is 0.429. The lowest BCUT2D eigenvalue weighted by molar-refractivity contribution is 0.112. The van der Waals surface area contributed by atoms with Gasteiger partial charge in [-0.25, -0.2) is 0 Å². The van der Waals surface area contributed by atoms with Crippen LogP contribution < -0.4 is 0 Å². The molecule has 0 fully saturated rings. The van der Waals surface area contributed by atoms with E-state index in [1.807, 2.05) is 0 Å². The van der Waals surface area contributed by atoms with Crippen molar-refractivity contribution in [3.63, 3.8) is 0 Å². The Morgan fingerprint density at radius 3 is 2.81 bits per heavy atom. The van der Waals surface area contributed by atoms with Crippen LogP contribution in [0.2, 0.25) is 5.02 Å². The van der Waals surface area contributed by atoms with Crippen molar-refractivity contribution in [3.8, 4) is 0 Å². The van der Waals surface area contributed by atoms with Crippen LogP contribution in [0.25, 0.3) is 0 Å². The molecule has 1 aromatic heterocycles. The maximum atomic E-state index is 10.5. The van der Waals surface area contributed by atoms with Crippen LogP contribution in [-0.2, 0) is 0 Å². The van der Waals surface area contributed by atoms with E-state index in [-0.39, 0.29) is 0 Å². The standard InChI is InChI=1S/C10H7ClN2O2S/c1-6-12-13-10(15-6)16-9-3-2-7(5-14)4-8(9)11/h2-5H,1H3. The van der Waals surface area contributed by atoms with Crippen LogP contribution in [0.4, 0.5) is 0 Å². The quantitative estimate of drug-likeness (QED) is 0.788. The number of hydrogen-bond donors (Lipinski definition) is 0. The molecular weight excluding hydrogens is 248 g/mol. The molecule has 2 aromatic rings. The number of nitrogens with zero attached hydrogens (tertiary/aromatic N) is 2. The molecule has 0 spiro atoms. The summed E-state index contributed by atoms with van der Waals surface area (Å²) in [4.78, 5) is 11.3. The van der Waals surface area contributed by atoms with Gasteiger partial charge in [-0.1, -0.05) is 17.7 Å².